The van der Waals surface area contributed by atoms with Crippen LogP contribution in [0.5, 0.6) is 0 Å². The Hall–Kier alpha value is -1.17. The maximum absolute atomic E-state index is 6.15. The van der Waals surface area contributed by atoms with Crippen molar-refractivity contribution in [3.05, 3.63) is 39.6 Å². The van der Waals surface area contributed by atoms with Gasteiger partial charge < -0.3 is 0 Å². The molecule has 0 radical (unpaired) electrons. The Labute approximate surface area is 127 Å². The summed E-state index contributed by atoms with van der Waals surface area (Å²) in [4.78, 5) is 2.38. The van der Waals surface area contributed by atoms with E-state index < -0.39 is 0 Å². The molecule has 0 spiro atoms. The zero-order valence-electron chi connectivity index (χ0n) is 10.9. The van der Waals surface area contributed by atoms with Crippen molar-refractivity contribution in [2.24, 2.45) is 0 Å². The number of piperidine rings is 1. The fourth-order valence-electron chi connectivity index (χ4n) is 2.68. The average Bonchev–Trinajstić information content (AvgIpc) is 2.98. The second-order valence-corrected chi connectivity index (χ2v) is 5.77. The summed E-state index contributed by atoms with van der Waals surface area (Å²) in [5.41, 5.74) is 1.06. The summed E-state index contributed by atoms with van der Waals surface area (Å²) in [5.74, 6) is 0.741. The van der Waals surface area contributed by atoms with Gasteiger partial charge >= 0.3 is 0 Å². The molecule has 106 valence electrons. The Morgan fingerprint density at radius 3 is 2.55 bits per heavy atom. The Morgan fingerprint density at radius 2 is 1.90 bits per heavy atom. The number of hydrogen-bond donors (Lipinski definition) is 1. The van der Waals surface area contributed by atoms with E-state index in [4.69, 9.17) is 23.2 Å². The summed E-state index contributed by atoms with van der Waals surface area (Å²) < 4.78 is 0. The highest BCUT2D eigenvalue weighted by molar-refractivity contribution is 6.42. The van der Waals surface area contributed by atoms with Gasteiger partial charge in [0.2, 0.25) is 0 Å². The number of tetrazole rings is 1. The molecule has 0 bridgehead atoms. The number of aromatic amines is 1. The van der Waals surface area contributed by atoms with Crippen LogP contribution < -0.4 is 0 Å². The number of nitrogens with one attached hydrogen (secondary N) is 1. The molecule has 1 unspecified atom stereocenters. The van der Waals surface area contributed by atoms with Crippen molar-refractivity contribution >= 4 is 23.2 Å². The van der Waals surface area contributed by atoms with Crippen LogP contribution >= 0.6 is 23.2 Å². The lowest BCUT2D eigenvalue weighted by atomic mass is 10.0. The molecule has 1 aliphatic heterocycles. The first kappa shape index (κ1) is 13.8. The molecule has 7 heteroatoms. The minimum absolute atomic E-state index is 0.0000617. The molecule has 1 aliphatic rings. The van der Waals surface area contributed by atoms with Gasteiger partial charge in [0, 0.05) is 0 Å². The Kier molecular flexibility index (Phi) is 4.19. The highest BCUT2D eigenvalue weighted by atomic mass is 35.5. The van der Waals surface area contributed by atoms with Crippen molar-refractivity contribution in [2.75, 3.05) is 13.1 Å². The smallest absolute Gasteiger partial charge is 0.170 e. The minimum atomic E-state index is 0.0000617. The van der Waals surface area contributed by atoms with Gasteiger partial charge in [-0.05, 0) is 54.1 Å². The molecular formula is C13H15Cl2N5. The lowest BCUT2D eigenvalue weighted by Gasteiger charge is -2.33. The van der Waals surface area contributed by atoms with Crippen LogP contribution in [0.1, 0.15) is 36.7 Å². The molecule has 20 heavy (non-hydrogen) atoms. The predicted octanol–water partition coefficient (Wildman–Crippen LogP) is 3.08. The molecule has 1 fully saturated rings. The molecule has 0 amide bonds. The van der Waals surface area contributed by atoms with Crippen LogP contribution in [0.2, 0.25) is 10.0 Å². The number of likely N-dealkylation sites (tertiary alicyclic amines) is 1. The number of H-pyrrole nitrogens is 1. The zero-order valence-corrected chi connectivity index (χ0v) is 12.4. The second kappa shape index (κ2) is 6.08. The molecule has 3 rings (SSSR count). The third-order valence-corrected chi connectivity index (χ3v) is 4.37. The van der Waals surface area contributed by atoms with E-state index in [0.29, 0.717) is 10.0 Å². The monoisotopic (exact) mass is 311 g/mol. The average molecular weight is 312 g/mol. The maximum Gasteiger partial charge on any atom is 0.170 e. The van der Waals surface area contributed by atoms with Crippen LogP contribution in [-0.2, 0) is 0 Å². The molecule has 1 aromatic carbocycles. The zero-order chi connectivity index (χ0) is 13.9. The molecule has 2 aromatic rings. The van der Waals surface area contributed by atoms with Crippen LogP contribution in [0.3, 0.4) is 0 Å². The minimum Gasteiger partial charge on any atom is -0.290 e. The van der Waals surface area contributed by atoms with Crippen LogP contribution in [-0.4, -0.2) is 38.6 Å². The Balaban J connectivity index is 1.98. The molecule has 0 aliphatic carbocycles. The van der Waals surface area contributed by atoms with Gasteiger partial charge in [-0.2, -0.15) is 0 Å². The lowest BCUT2D eigenvalue weighted by Crippen LogP contribution is -2.35. The van der Waals surface area contributed by atoms with E-state index in [1.807, 2.05) is 18.2 Å². The fourth-order valence-corrected chi connectivity index (χ4v) is 2.99. The number of rotatable bonds is 3. The predicted molar refractivity (Wildman–Crippen MR) is 77.9 cm³/mol. The number of hydrogen-bond acceptors (Lipinski definition) is 4. The topological polar surface area (TPSA) is 57.7 Å². The highest BCUT2D eigenvalue weighted by Gasteiger charge is 2.27. The van der Waals surface area contributed by atoms with Gasteiger partial charge in [-0.3, -0.25) is 4.90 Å². The molecule has 1 atom stereocenters. The number of nitrogens with zero attached hydrogens (tertiary/aromatic N) is 4. The standard InChI is InChI=1S/C13H15Cl2N5/c14-10-5-4-9(8-11(10)15)12(13-16-18-19-17-13)20-6-2-1-3-7-20/h4-5,8,12H,1-3,6-7H2,(H,16,17,18,19). The van der Waals surface area contributed by atoms with Crippen molar-refractivity contribution in [3.63, 3.8) is 0 Å². The Morgan fingerprint density at radius 1 is 1.10 bits per heavy atom. The van der Waals surface area contributed by atoms with Gasteiger partial charge in [0.05, 0.1) is 16.1 Å². The summed E-state index contributed by atoms with van der Waals surface area (Å²) in [5, 5.41) is 15.5. The van der Waals surface area contributed by atoms with E-state index in [0.717, 1.165) is 24.5 Å². The quantitative estimate of drug-likeness (QED) is 0.946. The molecule has 0 saturated carbocycles. The molecule has 2 heterocycles. The first-order valence-electron chi connectivity index (χ1n) is 6.68. The number of benzene rings is 1. The van der Waals surface area contributed by atoms with Crippen LogP contribution in [0.25, 0.3) is 0 Å². The maximum atomic E-state index is 6.15. The van der Waals surface area contributed by atoms with Crippen LogP contribution in [0.4, 0.5) is 0 Å². The normalized spacial score (nSPS) is 18.1. The van der Waals surface area contributed by atoms with Gasteiger partial charge in [0.25, 0.3) is 0 Å². The number of halogens is 2. The highest BCUT2D eigenvalue weighted by Crippen LogP contribution is 2.32. The summed E-state index contributed by atoms with van der Waals surface area (Å²) in [6.45, 7) is 2.07. The first-order chi connectivity index (χ1) is 9.75. The van der Waals surface area contributed by atoms with Gasteiger partial charge in [0.1, 0.15) is 0 Å². The lowest BCUT2D eigenvalue weighted by molar-refractivity contribution is 0.181. The van der Waals surface area contributed by atoms with Crippen molar-refractivity contribution in [3.8, 4) is 0 Å². The van der Waals surface area contributed by atoms with E-state index in [-0.39, 0.29) is 6.04 Å². The summed E-state index contributed by atoms with van der Waals surface area (Å²) in [6.07, 6.45) is 3.66. The van der Waals surface area contributed by atoms with Crippen LogP contribution in [0, 0.1) is 0 Å². The largest absolute Gasteiger partial charge is 0.290 e. The van der Waals surface area contributed by atoms with Crippen molar-refractivity contribution in [2.45, 2.75) is 25.3 Å². The molecular weight excluding hydrogens is 297 g/mol. The molecule has 1 aromatic heterocycles. The Bertz CT molecular complexity index is 566. The SMILES string of the molecule is Clc1ccc(C(c2nnn[nH]2)N2CCCCC2)cc1Cl. The molecule has 1 N–H and O–H groups in total. The fraction of sp³-hybridized carbons (Fsp3) is 0.462. The van der Waals surface area contributed by atoms with Crippen molar-refractivity contribution in [1.29, 1.82) is 0 Å². The number of aromatic nitrogens is 4. The van der Waals surface area contributed by atoms with E-state index in [1.165, 1.54) is 19.3 Å². The van der Waals surface area contributed by atoms with Gasteiger partial charge in [0.15, 0.2) is 5.82 Å². The third kappa shape index (κ3) is 2.80. The summed E-state index contributed by atoms with van der Waals surface area (Å²) >= 11 is 12.1. The van der Waals surface area contributed by atoms with Gasteiger partial charge in [-0.1, -0.05) is 35.7 Å². The molecule has 1 saturated heterocycles. The van der Waals surface area contributed by atoms with E-state index in [1.54, 1.807) is 0 Å². The van der Waals surface area contributed by atoms with Crippen molar-refractivity contribution in [1.82, 2.24) is 25.5 Å². The summed E-state index contributed by atoms with van der Waals surface area (Å²) in [7, 11) is 0. The van der Waals surface area contributed by atoms with Gasteiger partial charge in [-0.15, -0.1) is 5.10 Å². The van der Waals surface area contributed by atoms with Crippen LogP contribution in [0.15, 0.2) is 18.2 Å². The third-order valence-electron chi connectivity index (χ3n) is 3.64. The molecule has 5 nitrogen and oxygen atoms in total. The van der Waals surface area contributed by atoms with Crippen molar-refractivity contribution < 1.29 is 0 Å². The van der Waals surface area contributed by atoms with Gasteiger partial charge in [-0.25, -0.2) is 5.10 Å². The second-order valence-electron chi connectivity index (χ2n) is 4.96. The summed E-state index contributed by atoms with van der Waals surface area (Å²) in [6, 6.07) is 5.70. The van der Waals surface area contributed by atoms with E-state index >= 15 is 0 Å². The van der Waals surface area contributed by atoms with E-state index in [2.05, 4.69) is 25.5 Å². The van der Waals surface area contributed by atoms with E-state index in [9.17, 15) is 0 Å². The first-order valence-corrected chi connectivity index (χ1v) is 7.44.